The molecule has 15 heavy (non-hydrogen) atoms. The van der Waals surface area contributed by atoms with Gasteiger partial charge in [0.2, 0.25) is 0 Å². The number of ether oxygens (including phenoxy) is 1. The second-order valence-corrected chi connectivity index (χ2v) is 4.17. The van der Waals surface area contributed by atoms with Crippen molar-refractivity contribution in [2.45, 2.75) is 25.5 Å². The fourth-order valence-corrected chi connectivity index (χ4v) is 2.59. The number of rotatable bonds is 0. The Balaban J connectivity index is 0.000000853. The molecular weight excluding hydrogens is 210 g/mol. The summed E-state index contributed by atoms with van der Waals surface area (Å²) in [5, 5.41) is 3.47. The van der Waals surface area contributed by atoms with Crippen molar-refractivity contribution in [3.05, 3.63) is 34.9 Å². The Kier molecular flexibility index (Phi) is 3.29. The zero-order chi connectivity index (χ0) is 9.38. The normalized spacial score (nSPS) is 23.6. The van der Waals surface area contributed by atoms with E-state index in [1.54, 1.807) is 5.56 Å². The molecule has 3 rings (SSSR count). The van der Waals surface area contributed by atoms with Gasteiger partial charge < -0.3 is 10.1 Å². The Morgan fingerprint density at radius 2 is 2.13 bits per heavy atom. The van der Waals surface area contributed by atoms with Gasteiger partial charge in [0.25, 0.3) is 0 Å². The maximum Gasteiger partial charge on any atom is 0.0720 e. The molecule has 0 radical (unpaired) electrons. The van der Waals surface area contributed by atoms with E-state index in [2.05, 4.69) is 23.5 Å². The summed E-state index contributed by atoms with van der Waals surface area (Å²) in [6, 6.07) is 6.60. The molecule has 1 atom stereocenters. The Morgan fingerprint density at radius 1 is 1.27 bits per heavy atom. The molecule has 2 aliphatic heterocycles. The number of benzene rings is 1. The molecule has 2 nitrogen and oxygen atoms in total. The lowest BCUT2D eigenvalue weighted by atomic mass is 9.88. The van der Waals surface area contributed by atoms with Gasteiger partial charge in [-0.1, -0.05) is 18.2 Å². The van der Waals surface area contributed by atoms with Crippen LogP contribution < -0.4 is 5.32 Å². The Bertz CT molecular complexity index is 353. The lowest BCUT2D eigenvalue weighted by Gasteiger charge is -2.26. The Hall–Kier alpha value is -0.570. The van der Waals surface area contributed by atoms with E-state index in [0.29, 0.717) is 5.92 Å². The summed E-state index contributed by atoms with van der Waals surface area (Å²) in [6.45, 7) is 3.85. The maximum absolute atomic E-state index is 5.62. The van der Waals surface area contributed by atoms with Gasteiger partial charge in [0.05, 0.1) is 13.2 Å². The topological polar surface area (TPSA) is 21.3 Å². The molecule has 2 heterocycles. The monoisotopic (exact) mass is 225 g/mol. The molecule has 0 saturated heterocycles. The summed E-state index contributed by atoms with van der Waals surface area (Å²) in [6.07, 6.45) is 1.21. The van der Waals surface area contributed by atoms with E-state index in [0.717, 1.165) is 26.3 Å². The van der Waals surface area contributed by atoms with Crippen molar-refractivity contribution in [2.24, 2.45) is 0 Å². The number of hydrogen-bond acceptors (Lipinski definition) is 2. The van der Waals surface area contributed by atoms with Crippen molar-refractivity contribution >= 4 is 12.4 Å². The van der Waals surface area contributed by atoms with Crippen LogP contribution >= 0.6 is 12.4 Å². The van der Waals surface area contributed by atoms with Crippen LogP contribution in [0, 0.1) is 0 Å². The van der Waals surface area contributed by atoms with Gasteiger partial charge in [-0.25, -0.2) is 0 Å². The molecule has 1 unspecified atom stereocenters. The summed E-state index contributed by atoms with van der Waals surface area (Å²) >= 11 is 0. The summed E-state index contributed by atoms with van der Waals surface area (Å²) in [7, 11) is 0. The van der Waals surface area contributed by atoms with Crippen molar-refractivity contribution in [2.75, 3.05) is 13.2 Å². The third-order valence-corrected chi connectivity index (χ3v) is 3.26. The third kappa shape index (κ3) is 1.89. The first-order valence-corrected chi connectivity index (χ1v) is 5.34. The predicted molar refractivity (Wildman–Crippen MR) is 62.4 cm³/mol. The SMILES string of the molecule is Cl.c1cc2c3c(c1)COCC3CCNC2. The summed E-state index contributed by atoms with van der Waals surface area (Å²) < 4.78 is 5.62. The quantitative estimate of drug-likeness (QED) is 0.731. The maximum atomic E-state index is 5.62. The van der Waals surface area contributed by atoms with Crippen molar-refractivity contribution in [1.82, 2.24) is 5.32 Å². The molecule has 0 fully saturated rings. The molecule has 2 aliphatic rings. The van der Waals surface area contributed by atoms with E-state index in [1.807, 2.05) is 0 Å². The fourth-order valence-electron chi connectivity index (χ4n) is 2.59. The van der Waals surface area contributed by atoms with Crippen molar-refractivity contribution in [1.29, 1.82) is 0 Å². The fraction of sp³-hybridized carbons (Fsp3) is 0.500. The minimum absolute atomic E-state index is 0. The smallest absolute Gasteiger partial charge is 0.0720 e. The van der Waals surface area contributed by atoms with Crippen LogP contribution in [0.15, 0.2) is 18.2 Å². The van der Waals surface area contributed by atoms with E-state index in [4.69, 9.17) is 4.74 Å². The Morgan fingerprint density at radius 3 is 3.07 bits per heavy atom. The largest absolute Gasteiger partial charge is 0.376 e. The van der Waals surface area contributed by atoms with Crippen molar-refractivity contribution < 1.29 is 4.74 Å². The van der Waals surface area contributed by atoms with Gasteiger partial charge in [-0.3, -0.25) is 0 Å². The highest BCUT2D eigenvalue weighted by molar-refractivity contribution is 5.85. The lowest BCUT2D eigenvalue weighted by molar-refractivity contribution is 0.0894. The van der Waals surface area contributed by atoms with Crippen molar-refractivity contribution in [3.8, 4) is 0 Å². The highest BCUT2D eigenvalue weighted by Crippen LogP contribution is 2.33. The van der Waals surface area contributed by atoms with Gasteiger partial charge in [0, 0.05) is 12.5 Å². The first kappa shape index (κ1) is 10.9. The van der Waals surface area contributed by atoms with E-state index in [9.17, 15) is 0 Å². The standard InChI is InChI=1S/C12H15NO.ClH/c1-2-9-6-13-5-4-11-8-14-7-10(3-1)12(9)11;/h1-3,11,13H,4-8H2;1H. The van der Waals surface area contributed by atoms with Crippen molar-refractivity contribution in [3.63, 3.8) is 0 Å². The van der Waals surface area contributed by atoms with Crippen LogP contribution in [-0.4, -0.2) is 13.2 Å². The van der Waals surface area contributed by atoms with Gasteiger partial charge in [-0.2, -0.15) is 0 Å². The first-order chi connectivity index (χ1) is 6.95. The second kappa shape index (κ2) is 4.52. The van der Waals surface area contributed by atoms with Crippen LogP contribution in [-0.2, 0) is 17.9 Å². The summed E-state index contributed by atoms with van der Waals surface area (Å²) in [5.74, 6) is 0.630. The minimum atomic E-state index is 0. The highest BCUT2D eigenvalue weighted by atomic mass is 35.5. The summed E-state index contributed by atoms with van der Waals surface area (Å²) in [4.78, 5) is 0. The molecule has 0 bridgehead atoms. The van der Waals surface area contributed by atoms with Gasteiger partial charge in [0.1, 0.15) is 0 Å². The minimum Gasteiger partial charge on any atom is -0.376 e. The molecule has 0 aromatic heterocycles. The molecule has 1 aromatic rings. The van der Waals surface area contributed by atoms with E-state index in [-0.39, 0.29) is 12.4 Å². The average molecular weight is 226 g/mol. The molecule has 1 N–H and O–H groups in total. The molecule has 0 aliphatic carbocycles. The first-order valence-electron chi connectivity index (χ1n) is 5.34. The zero-order valence-corrected chi connectivity index (χ0v) is 9.48. The van der Waals surface area contributed by atoms with Crippen LogP contribution in [0.1, 0.15) is 29.0 Å². The molecule has 3 heteroatoms. The number of halogens is 1. The average Bonchev–Trinajstić information content (AvgIpc) is 2.44. The van der Waals surface area contributed by atoms with E-state index in [1.165, 1.54) is 17.5 Å². The van der Waals surface area contributed by atoms with Gasteiger partial charge in [-0.05, 0) is 29.7 Å². The van der Waals surface area contributed by atoms with E-state index >= 15 is 0 Å². The molecule has 0 spiro atoms. The zero-order valence-electron chi connectivity index (χ0n) is 8.66. The van der Waals surface area contributed by atoms with E-state index < -0.39 is 0 Å². The van der Waals surface area contributed by atoms with Crippen LogP contribution in [0.25, 0.3) is 0 Å². The molecule has 1 aromatic carbocycles. The third-order valence-electron chi connectivity index (χ3n) is 3.26. The highest BCUT2D eigenvalue weighted by Gasteiger charge is 2.24. The number of hydrogen-bond donors (Lipinski definition) is 1. The number of nitrogens with one attached hydrogen (secondary N) is 1. The lowest BCUT2D eigenvalue weighted by Crippen LogP contribution is -2.18. The predicted octanol–water partition coefficient (Wildman–Crippen LogP) is 2.22. The van der Waals surface area contributed by atoms with Crippen LogP contribution in [0.3, 0.4) is 0 Å². The Labute approximate surface area is 96.4 Å². The van der Waals surface area contributed by atoms with Crippen LogP contribution in [0.2, 0.25) is 0 Å². The van der Waals surface area contributed by atoms with Gasteiger partial charge in [0.15, 0.2) is 0 Å². The molecule has 0 amide bonds. The van der Waals surface area contributed by atoms with Crippen LogP contribution in [0.5, 0.6) is 0 Å². The van der Waals surface area contributed by atoms with Gasteiger partial charge in [-0.15, -0.1) is 12.4 Å². The second-order valence-electron chi connectivity index (χ2n) is 4.17. The molecule has 82 valence electrons. The van der Waals surface area contributed by atoms with Gasteiger partial charge >= 0.3 is 0 Å². The van der Waals surface area contributed by atoms with Crippen LogP contribution in [0.4, 0.5) is 0 Å². The molecular formula is C12H16ClNO. The summed E-state index contributed by atoms with van der Waals surface area (Å²) in [5.41, 5.74) is 4.46. The molecule has 0 saturated carbocycles.